The Morgan fingerprint density at radius 1 is 0.708 bits per heavy atom. The van der Waals surface area contributed by atoms with Gasteiger partial charge in [0, 0.05) is 7.16 Å². The summed E-state index contributed by atoms with van der Waals surface area (Å²) >= 11 is 3.48. The molecule has 0 N–H and O–H groups in total. The van der Waals surface area contributed by atoms with E-state index in [4.69, 9.17) is 0 Å². The van der Waals surface area contributed by atoms with Gasteiger partial charge in [0.05, 0.1) is 0 Å². The quantitative estimate of drug-likeness (QED) is 0.195. The van der Waals surface area contributed by atoms with Crippen LogP contribution in [0.5, 0.6) is 0 Å². The van der Waals surface area contributed by atoms with Gasteiger partial charge in [0.15, 0.2) is 17.3 Å². The predicted molar refractivity (Wildman–Crippen MR) is 99.2 cm³/mol. The van der Waals surface area contributed by atoms with Crippen molar-refractivity contribution in [2.24, 2.45) is 0 Å². The van der Waals surface area contributed by atoms with E-state index in [0.29, 0.717) is 7.16 Å². The van der Waals surface area contributed by atoms with Crippen LogP contribution in [0.3, 0.4) is 0 Å². The number of hydrogen-bond acceptors (Lipinski definition) is 6. The van der Waals surface area contributed by atoms with Crippen LogP contribution in [0.15, 0.2) is 30.5 Å². The van der Waals surface area contributed by atoms with Gasteiger partial charge in [-0.3, -0.25) is 14.4 Å². The predicted octanol–water partition coefficient (Wildman–Crippen LogP) is 1.04. The fourth-order valence-electron chi connectivity index (χ4n) is 0.782. The molecule has 137 valence electrons. The van der Waals surface area contributed by atoms with Crippen molar-refractivity contribution in [3.63, 3.8) is 0 Å². The molecule has 0 saturated carbocycles. The van der Waals surface area contributed by atoms with Crippen molar-refractivity contribution in [2.45, 2.75) is 41.5 Å². The van der Waals surface area contributed by atoms with E-state index in [0.717, 1.165) is 6.08 Å². The molecule has 0 aromatic heterocycles. The third-order valence-electron chi connectivity index (χ3n) is 1.64. The van der Waals surface area contributed by atoms with E-state index in [1.54, 1.807) is 45.2 Å². The van der Waals surface area contributed by atoms with Crippen molar-refractivity contribution < 1.29 is 49.2 Å². The Balaban J connectivity index is -0.000000123. The van der Waals surface area contributed by atoms with Crippen LogP contribution < -0.4 is 15.3 Å². The second-order valence-electron chi connectivity index (χ2n) is 4.22. The Kier molecular flexibility index (Phi) is 23.0. The van der Waals surface area contributed by atoms with Gasteiger partial charge in [-0.25, -0.2) is 0 Å². The molecule has 0 aliphatic rings. The molecule has 0 aliphatic carbocycles. The molecule has 0 bridgehead atoms. The van der Waals surface area contributed by atoms with Gasteiger partial charge in [-0.15, -0.1) is 17.3 Å². The smallest absolute Gasteiger partial charge is 0.876 e. The Morgan fingerprint density at radius 2 is 0.958 bits per heavy atom. The van der Waals surface area contributed by atoms with Crippen LogP contribution in [0.2, 0.25) is 0 Å². The van der Waals surface area contributed by atoms with Crippen molar-refractivity contribution in [1.82, 2.24) is 0 Å². The van der Waals surface area contributed by atoms with Crippen LogP contribution in [0.1, 0.15) is 41.5 Å². The van der Waals surface area contributed by atoms with Gasteiger partial charge in [0.1, 0.15) is 0 Å². The van der Waals surface area contributed by atoms with Gasteiger partial charge in [0.2, 0.25) is 0 Å². The first-order chi connectivity index (χ1) is 10.2. The molecular formula is C15H19I2O6Ru. The summed E-state index contributed by atoms with van der Waals surface area (Å²) in [7, 11) is 0. The minimum atomic E-state index is -0.187. The van der Waals surface area contributed by atoms with Gasteiger partial charge in [-0.05, 0) is 72.0 Å². The van der Waals surface area contributed by atoms with E-state index < -0.39 is 0 Å². The summed E-state index contributed by atoms with van der Waals surface area (Å²) in [5.41, 5.74) is 0. The van der Waals surface area contributed by atoms with Crippen LogP contribution in [0, 0.1) is 0 Å². The first-order valence-corrected chi connectivity index (χ1v) is 8.34. The molecule has 24 heavy (non-hydrogen) atoms. The summed E-state index contributed by atoms with van der Waals surface area (Å²) in [6, 6.07) is 0. The van der Waals surface area contributed by atoms with E-state index in [2.05, 4.69) is 0 Å². The summed E-state index contributed by atoms with van der Waals surface area (Å²) < 4.78 is 0.588. The van der Waals surface area contributed by atoms with Crippen molar-refractivity contribution >= 4 is 62.5 Å². The number of carbonyl (C=O) groups is 3. The molecule has 0 unspecified atom stereocenters. The number of halogens is 2. The second-order valence-corrected chi connectivity index (χ2v) is 6.38. The van der Waals surface area contributed by atoms with Gasteiger partial charge in [-0.1, -0.05) is 20.8 Å². The van der Waals surface area contributed by atoms with Gasteiger partial charge < -0.3 is 15.3 Å². The molecule has 0 atom stereocenters. The Labute approximate surface area is 182 Å². The largest absolute Gasteiger partial charge is 3.00 e. The van der Waals surface area contributed by atoms with Crippen LogP contribution in [-0.4, -0.2) is 17.3 Å². The van der Waals surface area contributed by atoms with Crippen molar-refractivity contribution in [3.8, 4) is 0 Å². The zero-order valence-electron chi connectivity index (χ0n) is 14.1. The standard InChI is InChI=1S/2C5H7IO2.C5H8O2.Ru/c2*1-3(7)5(6)4(2)8;1-4(6)3-5(2)7;/h2*7H,1-2H3;3,6H,1-2H3;/q;;;+3/p-3/b2*5-3+;4-3-;. The van der Waals surface area contributed by atoms with Crippen LogP contribution in [-0.2, 0) is 33.9 Å². The zero-order chi connectivity index (χ0) is 19.3. The third kappa shape index (κ3) is 24.0. The van der Waals surface area contributed by atoms with Crippen molar-refractivity contribution in [3.05, 3.63) is 30.5 Å². The molecular weight excluding hydrogens is 631 g/mol. The number of allylic oxidation sites excluding steroid dienone is 6. The zero-order valence-corrected chi connectivity index (χ0v) is 20.2. The SMILES string of the molecule is CC(=O)/C(I)=C(/C)[O-].CC(=O)/C(I)=C(/C)[O-].CC(=O)/C=C(/C)[O-].[Ru+3]. The monoisotopic (exact) mass is 651 g/mol. The summed E-state index contributed by atoms with van der Waals surface area (Å²) in [5.74, 6) is -0.993. The minimum absolute atomic E-state index is 0. The summed E-state index contributed by atoms with van der Waals surface area (Å²) in [6.07, 6.45) is 1.06. The van der Waals surface area contributed by atoms with Gasteiger partial charge in [-0.2, -0.15) is 0 Å². The van der Waals surface area contributed by atoms with Crippen molar-refractivity contribution in [1.29, 1.82) is 0 Å². The maximum atomic E-state index is 10.3. The van der Waals surface area contributed by atoms with Crippen LogP contribution >= 0.6 is 45.2 Å². The summed E-state index contributed by atoms with van der Waals surface area (Å²) in [5, 5.41) is 30.6. The number of Topliss-reactive ketones (excluding diaryl/α,β-unsaturated/α-hetero) is 2. The average molecular weight is 650 g/mol. The molecule has 0 heterocycles. The molecule has 9 heteroatoms. The molecule has 0 amide bonds. The molecule has 0 aliphatic heterocycles. The Morgan fingerprint density at radius 3 is 0.958 bits per heavy atom. The van der Waals surface area contributed by atoms with Gasteiger partial charge >= 0.3 is 19.5 Å². The molecule has 0 rings (SSSR count). The number of rotatable bonds is 3. The third-order valence-corrected chi connectivity index (χ3v) is 4.68. The Bertz CT molecular complexity index is 490. The number of ketones is 3. The molecule has 0 aromatic carbocycles. The van der Waals surface area contributed by atoms with E-state index in [1.165, 1.54) is 41.5 Å². The average Bonchev–Trinajstić information content (AvgIpc) is 2.36. The first kappa shape index (κ1) is 31.5. The molecule has 0 aromatic rings. The first-order valence-electron chi connectivity index (χ1n) is 6.18. The van der Waals surface area contributed by atoms with E-state index in [-0.39, 0.29) is 54.1 Å². The van der Waals surface area contributed by atoms with E-state index in [9.17, 15) is 29.7 Å². The molecule has 1 radical (unpaired) electrons. The number of carbonyl (C=O) groups excluding carboxylic acids is 3. The number of hydrogen-bond donors (Lipinski definition) is 0. The Hall–Kier alpha value is -0.287. The minimum Gasteiger partial charge on any atom is -0.876 e. The normalized spacial score (nSPS) is 11.9. The second kappa shape index (κ2) is 17.5. The van der Waals surface area contributed by atoms with E-state index in [1.807, 2.05) is 0 Å². The maximum Gasteiger partial charge on any atom is 3.00 e. The molecule has 0 fully saturated rings. The van der Waals surface area contributed by atoms with Crippen LogP contribution in [0.4, 0.5) is 0 Å². The van der Waals surface area contributed by atoms with Gasteiger partial charge in [0.25, 0.3) is 0 Å². The fourth-order valence-corrected chi connectivity index (χ4v) is 0.782. The van der Waals surface area contributed by atoms with E-state index >= 15 is 0 Å². The fraction of sp³-hybridized carbons (Fsp3) is 0.400. The molecule has 6 nitrogen and oxygen atoms in total. The van der Waals surface area contributed by atoms with Crippen molar-refractivity contribution in [2.75, 3.05) is 0 Å². The summed E-state index contributed by atoms with van der Waals surface area (Å²) in [6.45, 7) is 8.21. The topological polar surface area (TPSA) is 120 Å². The molecule has 0 spiro atoms. The van der Waals surface area contributed by atoms with Crippen LogP contribution in [0.25, 0.3) is 0 Å². The maximum absolute atomic E-state index is 10.3. The molecule has 0 saturated heterocycles. The summed E-state index contributed by atoms with van der Waals surface area (Å²) in [4.78, 5) is 30.6.